The highest BCUT2D eigenvalue weighted by atomic mass is 79.9. The predicted octanol–water partition coefficient (Wildman–Crippen LogP) is 6.52. The lowest BCUT2D eigenvalue weighted by Crippen LogP contribution is -2.52. The van der Waals surface area contributed by atoms with E-state index in [1.165, 1.54) is 17.8 Å². The van der Waals surface area contributed by atoms with Crippen LogP contribution >= 0.6 is 27.7 Å². The van der Waals surface area contributed by atoms with E-state index in [1.54, 1.807) is 23.1 Å². The van der Waals surface area contributed by atoms with E-state index >= 15 is 0 Å². The van der Waals surface area contributed by atoms with Crippen molar-refractivity contribution in [1.82, 2.24) is 10.2 Å². The van der Waals surface area contributed by atoms with Crippen molar-refractivity contribution in [3.63, 3.8) is 0 Å². The molecule has 194 valence electrons. The number of hydrogen-bond donors (Lipinski definition) is 1. The maximum Gasteiger partial charge on any atom is 0.243 e. The molecule has 1 aliphatic rings. The van der Waals surface area contributed by atoms with Gasteiger partial charge in [-0.1, -0.05) is 89.4 Å². The molecule has 37 heavy (non-hydrogen) atoms. The molecule has 1 atom stereocenters. The average molecular weight is 584 g/mol. The van der Waals surface area contributed by atoms with E-state index in [9.17, 15) is 14.0 Å². The van der Waals surface area contributed by atoms with Gasteiger partial charge in [0.1, 0.15) is 11.9 Å². The van der Waals surface area contributed by atoms with Gasteiger partial charge >= 0.3 is 0 Å². The maximum atomic E-state index is 14.1. The SMILES string of the molecule is O=C(NC1CCCC1)C(Cc1ccccc1)N(Cc1cccc(Br)c1)C(=O)CSCc1ccccc1F. The van der Waals surface area contributed by atoms with E-state index in [-0.39, 0.29) is 29.4 Å². The molecule has 3 aromatic carbocycles. The first kappa shape index (κ1) is 27.4. The van der Waals surface area contributed by atoms with Gasteiger partial charge in [0.2, 0.25) is 11.8 Å². The van der Waals surface area contributed by atoms with Gasteiger partial charge in [0.25, 0.3) is 0 Å². The summed E-state index contributed by atoms with van der Waals surface area (Å²) in [5.41, 5.74) is 2.51. The van der Waals surface area contributed by atoms with Crippen molar-refractivity contribution >= 4 is 39.5 Å². The number of nitrogens with zero attached hydrogens (tertiary/aromatic N) is 1. The van der Waals surface area contributed by atoms with Crippen molar-refractivity contribution in [2.75, 3.05) is 5.75 Å². The minimum absolute atomic E-state index is 0.113. The Kier molecular flexibility index (Phi) is 10.2. The lowest BCUT2D eigenvalue weighted by molar-refractivity contribution is -0.139. The van der Waals surface area contributed by atoms with Crippen molar-refractivity contribution < 1.29 is 14.0 Å². The number of halogens is 2. The summed E-state index contributed by atoms with van der Waals surface area (Å²) in [6, 6.07) is 23.8. The minimum atomic E-state index is -0.649. The van der Waals surface area contributed by atoms with E-state index in [2.05, 4.69) is 21.2 Å². The first-order valence-electron chi connectivity index (χ1n) is 12.7. The van der Waals surface area contributed by atoms with Gasteiger partial charge in [0.15, 0.2) is 0 Å². The van der Waals surface area contributed by atoms with Crippen LogP contribution in [0, 0.1) is 5.82 Å². The Hall–Kier alpha value is -2.64. The maximum absolute atomic E-state index is 14.1. The summed E-state index contributed by atoms with van der Waals surface area (Å²) in [4.78, 5) is 29.1. The van der Waals surface area contributed by atoms with E-state index in [4.69, 9.17) is 0 Å². The molecule has 0 aromatic heterocycles. The van der Waals surface area contributed by atoms with Crippen molar-refractivity contribution in [2.24, 2.45) is 0 Å². The lowest BCUT2D eigenvalue weighted by Gasteiger charge is -2.32. The zero-order valence-electron chi connectivity index (χ0n) is 20.7. The molecule has 3 aromatic rings. The zero-order valence-corrected chi connectivity index (χ0v) is 23.1. The number of benzene rings is 3. The number of hydrogen-bond acceptors (Lipinski definition) is 3. The molecule has 4 rings (SSSR count). The lowest BCUT2D eigenvalue weighted by atomic mass is 10.0. The Morgan fingerprint density at radius 1 is 0.973 bits per heavy atom. The number of amides is 2. The molecule has 0 spiro atoms. The van der Waals surface area contributed by atoms with Gasteiger partial charge in [-0.25, -0.2) is 4.39 Å². The second-order valence-electron chi connectivity index (χ2n) is 9.43. The Balaban J connectivity index is 1.57. The normalized spacial score (nSPS) is 14.3. The number of carbonyl (C=O) groups is 2. The second kappa shape index (κ2) is 13.8. The third-order valence-corrected chi connectivity index (χ3v) is 8.11. The fourth-order valence-electron chi connectivity index (χ4n) is 4.70. The Bertz CT molecular complexity index is 1190. The molecule has 1 aliphatic carbocycles. The van der Waals surface area contributed by atoms with Crippen LogP contribution in [0.2, 0.25) is 0 Å². The summed E-state index contributed by atoms with van der Waals surface area (Å²) >= 11 is 4.89. The van der Waals surface area contributed by atoms with Gasteiger partial charge in [-0.2, -0.15) is 0 Å². The standard InChI is InChI=1S/C30H32BrFN2O2S/c31-25-13-8-11-23(17-25)19-34(29(35)21-37-20-24-12-4-7-16-27(24)32)28(18-22-9-2-1-3-10-22)30(36)33-26-14-5-6-15-26/h1-4,7-13,16-17,26,28H,5-6,14-15,18-21H2,(H,33,36). The number of thioether (sulfide) groups is 1. The molecule has 1 fully saturated rings. The largest absolute Gasteiger partial charge is 0.352 e. The molecule has 0 saturated heterocycles. The molecule has 0 radical (unpaired) electrons. The van der Waals surface area contributed by atoms with Gasteiger partial charge in [0.05, 0.1) is 5.75 Å². The highest BCUT2D eigenvalue weighted by Gasteiger charge is 2.32. The second-order valence-corrected chi connectivity index (χ2v) is 11.3. The topological polar surface area (TPSA) is 49.4 Å². The molecule has 1 saturated carbocycles. The molecular weight excluding hydrogens is 551 g/mol. The fourth-order valence-corrected chi connectivity index (χ4v) is 6.04. The number of carbonyl (C=O) groups excluding carboxylic acids is 2. The van der Waals surface area contributed by atoms with Crippen molar-refractivity contribution in [2.45, 2.75) is 56.5 Å². The van der Waals surface area contributed by atoms with Crippen molar-refractivity contribution in [3.8, 4) is 0 Å². The van der Waals surface area contributed by atoms with Crippen LogP contribution in [0.25, 0.3) is 0 Å². The first-order valence-corrected chi connectivity index (χ1v) is 14.6. The number of nitrogens with one attached hydrogen (secondary N) is 1. The van der Waals surface area contributed by atoms with E-state index in [1.807, 2.05) is 54.6 Å². The Morgan fingerprint density at radius 2 is 1.68 bits per heavy atom. The molecule has 2 amide bonds. The fraction of sp³-hybridized carbons (Fsp3) is 0.333. The number of rotatable bonds is 11. The smallest absolute Gasteiger partial charge is 0.243 e. The molecule has 0 aliphatic heterocycles. The van der Waals surface area contributed by atoms with Crippen LogP contribution in [-0.2, 0) is 28.3 Å². The van der Waals surface area contributed by atoms with E-state index < -0.39 is 6.04 Å². The Labute approximate surface area is 231 Å². The van der Waals surface area contributed by atoms with Gasteiger partial charge in [-0.3, -0.25) is 9.59 Å². The average Bonchev–Trinajstić information content (AvgIpc) is 3.41. The molecule has 0 heterocycles. The predicted molar refractivity (Wildman–Crippen MR) is 152 cm³/mol. The van der Waals surface area contributed by atoms with Gasteiger partial charge in [-0.15, -0.1) is 11.8 Å². The first-order chi connectivity index (χ1) is 18.0. The summed E-state index contributed by atoms with van der Waals surface area (Å²) in [5, 5.41) is 3.22. The summed E-state index contributed by atoms with van der Waals surface area (Å²) in [6.07, 6.45) is 4.60. The molecular formula is C30H32BrFN2O2S. The zero-order chi connectivity index (χ0) is 26.0. The van der Waals surface area contributed by atoms with Crippen LogP contribution in [0.15, 0.2) is 83.3 Å². The summed E-state index contributed by atoms with van der Waals surface area (Å²) in [6.45, 7) is 0.314. The van der Waals surface area contributed by atoms with Crippen molar-refractivity contribution in [1.29, 1.82) is 0 Å². The van der Waals surface area contributed by atoms with E-state index in [0.717, 1.165) is 41.3 Å². The molecule has 7 heteroatoms. The van der Waals surface area contributed by atoms with Crippen molar-refractivity contribution in [3.05, 3.63) is 106 Å². The Morgan fingerprint density at radius 3 is 2.41 bits per heavy atom. The molecule has 1 N–H and O–H groups in total. The third-order valence-electron chi connectivity index (χ3n) is 6.66. The van der Waals surface area contributed by atoms with Crippen LogP contribution in [-0.4, -0.2) is 34.6 Å². The van der Waals surface area contributed by atoms with Crippen LogP contribution in [0.5, 0.6) is 0 Å². The molecule has 4 nitrogen and oxygen atoms in total. The minimum Gasteiger partial charge on any atom is -0.352 e. The van der Waals surface area contributed by atoms with Crippen LogP contribution in [0.1, 0.15) is 42.4 Å². The van der Waals surface area contributed by atoms with Gasteiger partial charge in [-0.05, 0) is 47.7 Å². The highest BCUT2D eigenvalue weighted by molar-refractivity contribution is 9.10. The van der Waals surface area contributed by atoms with Crippen LogP contribution < -0.4 is 5.32 Å². The molecule has 0 bridgehead atoms. The quantitative estimate of drug-likeness (QED) is 0.280. The monoisotopic (exact) mass is 582 g/mol. The molecule has 1 unspecified atom stereocenters. The third kappa shape index (κ3) is 8.17. The summed E-state index contributed by atoms with van der Waals surface area (Å²) in [7, 11) is 0. The highest BCUT2D eigenvalue weighted by Crippen LogP contribution is 2.22. The van der Waals surface area contributed by atoms with Crippen LogP contribution in [0.3, 0.4) is 0 Å². The van der Waals surface area contributed by atoms with E-state index in [0.29, 0.717) is 24.3 Å². The summed E-state index contributed by atoms with van der Waals surface area (Å²) in [5.74, 6) is 0.0267. The van der Waals surface area contributed by atoms with Gasteiger partial charge < -0.3 is 10.2 Å². The summed E-state index contributed by atoms with van der Waals surface area (Å²) < 4.78 is 15.0. The van der Waals surface area contributed by atoms with Gasteiger partial charge in [0, 0.05) is 29.2 Å². The van der Waals surface area contributed by atoms with Crippen LogP contribution in [0.4, 0.5) is 4.39 Å².